The van der Waals surface area contributed by atoms with Gasteiger partial charge in [-0.25, -0.2) is 9.67 Å². The maximum Gasteiger partial charge on any atom is 0.272 e. The number of fused-ring (bicyclic) bond motifs is 3. The summed E-state index contributed by atoms with van der Waals surface area (Å²) in [5, 5.41) is 13.7. The highest BCUT2D eigenvalue weighted by atomic mass is 16.7. The number of aryl methyl sites for hydroxylation is 1. The molecule has 3 aromatic rings. The zero-order chi connectivity index (χ0) is 24.5. The average Bonchev–Trinajstić information content (AvgIpc) is 3.41. The zero-order valence-electron chi connectivity index (χ0n) is 20.7. The van der Waals surface area contributed by atoms with E-state index in [0.717, 1.165) is 60.7 Å². The van der Waals surface area contributed by atoms with Crippen molar-refractivity contribution < 1.29 is 9.47 Å². The zero-order valence-corrected chi connectivity index (χ0v) is 20.7. The van der Waals surface area contributed by atoms with Crippen molar-refractivity contribution >= 4 is 17.1 Å². The molecule has 2 atom stereocenters. The van der Waals surface area contributed by atoms with Gasteiger partial charge in [0.15, 0.2) is 12.1 Å². The van der Waals surface area contributed by atoms with E-state index in [1.165, 1.54) is 17.5 Å². The predicted molar refractivity (Wildman–Crippen MR) is 138 cm³/mol. The number of rotatable bonds is 7. The number of ether oxygens (including phenoxy) is 2. The molecular weight excluding hydrogens is 452 g/mol. The van der Waals surface area contributed by atoms with E-state index in [0.29, 0.717) is 18.4 Å². The van der Waals surface area contributed by atoms with Crippen LogP contribution in [0.25, 0.3) is 11.5 Å². The Morgan fingerprint density at radius 1 is 1.11 bits per heavy atom. The van der Waals surface area contributed by atoms with Crippen LogP contribution >= 0.6 is 0 Å². The fraction of sp³-hybridized carbons (Fsp3) is 0.393. The normalized spacial score (nSPS) is 20.6. The van der Waals surface area contributed by atoms with Crippen LogP contribution < -0.4 is 0 Å². The Balaban J connectivity index is 1.19. The monoisotopic (exact) mass is 482 g/mol. The predicted octanol–water partition coefficient (Wildman–Crippen LogP) is 4.85. The fourth-order valence-electron chi connectivity index (χ4n) is 5.01. The van der Waals surface area contributed by atoms with Gasteiger partial charge < -0.3 is 9.47 Å². The molecular formula is C28H30N6O2. The highest BCUT2D eigenvalue weighted by Crippen LogP contribution is 2.36. The molecule has 8 heteroatoms. The summed E-state index contributed by atoms with van der Waals surface area (Å²) in [4.78, 5) is 9.47. The van der Waals surface area contributed by atoms with Gasteiger partial charge in [-0.15, -0.1) is 10.2 Å². The molecule has 0 saturated carbocycles. The molecule has 1 saturated heterocycles. The Labute approximate surface area is 210 Å². The van der Waals surface area contributed by atoms with Gasteiger partial charge in [-0.1, -0.05) is 42.5 Å². The first-order valence-corrected chi connectivity index (χ1v) is 12.7. The molecule has 2 unspecified atom stereocenters. The van der Waals surface area contributed by atoms with E-state index < -0.39 is 0 Å². The minimum absolute atomic E-state index is 0.0561. The Kier molecular flexibility index (Phi) is 6.29. The van der Waals surface area contributed by atoms with Gasteiger partial charge in [0.1, 0.15) is 5.69 Å². The van der Waals surface area contributed by atoms with Gasteiger partial charge in [0.25, 0.3) is 5.95 Å². The van der Waals surface area contributed by atoms with Crippen LogP contribution in [0.5, 0.6) is 0 Å². The number of benzene rings is 1. The van der Waals surface area contributed by atoms with Crippen molar-refractivity contribution in [3.8, 4) is 5.95 Å². The second-order valence-corrected chi connectivity index (χ2v) is 9.56. The summed E-state index contributed by atoms with van der Waals surface area (Å²) in [6.45, 7) is 5.54. The summed E-state index contributed by atoms with van der Waals surface area (Å²) in [7, 11) is 0. The summed E-state index contributed by atoms with van der Waals surface area (Å²) < 4.78 is 13.4. The average molecular weight is 483 g/mol. The van der Waals surface area contributed by atoms with Gasteiger partial charge in [-0.2, -0.15) is 10.1 Å². The summed E-state index contributed by atoms with van der Waals surface area (Å²) in [6, 6.07) is 10.4. The molecule has 0 N–H and O–H groups in total. The standard InChI is InChI=1S/C28H30N6O2/c1-18-22(16-20-8-4-3-5-9-20)19(2)34(33-18)28-30-27-26(31-32-28)23-17-21(11-12-24(23)29-27)13-15-36-25-10-6-7-14-35-25/h3-5,8-9,11-12,17,21,25H,6-7,10,13-16H2,1-2H3. The fourth-order valence-corrected chi connectivity index (χ4v) is 5.01. The lowest BCUT2D eigenvalue weighted by Gasteiger charge is -2.23. The largest absolute Gasteiger partial charge is 0.353 e. The van der Waals surface area contributed by atoms with Gasteiger partial charge >= 0.3 is 0 Å². The molecule has 4 heterocycles. The molecule has 3 aliphatic rings. The Hall–Kier alpha value is -3.49. The molecule has 6 rings (SSSR count). The van der Waals surface area contributed by atoms with Gasteiger partial charge in [0.2, 0.25) is 0 Å². The van der Waals surface area contributed by atoms with Crippen LogP contribution in [0.15, 0.2) is 53.6 Å². The summed E-state index contributed by atoms with van der Waals surface area (Å²) >= 11 is 0. The van der Waals surface area contributed by atoms with Crippen LogP contribution in [0.3, 0.4) is 0 Å². The van der Waals surface area contributed by atoms with Gasteiger partial charge in [-0.05, 0) is 57.1 Å². The highest BCUT2D eigenvalue weighted by molar-refractivity contribution is 6.33. The molecule has 0 amide bonds. The second-order valence-electron chi connectivity index (χ2n) is 9.56. The Morgan fingerprint density at radius 3 is 2.83 bits per heavy atom. The van der Waals surface area contributed by atoms with Crippen LogP contribution in [-0.4, -0.2) is 50.2 Å². The summed E-state index contributed by atoms with van der Waals surface area (Å²) in [5.41, 5.74) is 7.02. The lowest BCUT2D eigenvalue weighted by Crippen LogP contribution is -2.23. The molecule has 1 aliphatic carbocycles. The van der Waals surface area contributed by atoms with E-state index in [1.54, 1.807) is 4.68 Å². The second kappa shape index (κ2) is 9.87. The SMILES string of the molecule is Cc1nn(-c2nnc3c(n2)N=C2C=CC(CCOC4CCCCO4)C=C23)c(C)c1Cc1ccccc1. The molecule has 0 spiro atoms. The summed E-state index contributed by atoms with van der Waals surface area (Å²) in [5.74, 6) is 1.29. The van der Waals surface area contributed by atoms with Gasteiger partial charge in [0.05, 0.1) is 18.0 Å². The van der Waals surface area contributed by atoms with E-state index in [4.69, 9.17) is 24.5 Å². The molecule has 0 radical (unpaired) electrons. The number of hydrogen-bond donors (Lipinski definition) is 0. The van der Waals surface area contributed by atoms with E-state index in [-0.39, 0.29) is 12.2 Å². The van der Waals surface area contributed by atoms with Crippen molar-refractivity contribution in [2.45, 2.75) is 52.2 Å². The number of hydrogen-bond acceptors (Lipinski definition) is 7. The van der Waals surface area contributed by atoms with Crippen LogP contribution in [0, 0.1) is 19.8 Å². The molecule has 2 aromatic heterocycles. The van der Waals surface area contributed by atoms with Crippen molar-refractivity contribution in [2.75, 3.05) is 13.2 Å². The molecule has 36 heavy (non-hydrogen) atoms. The van der Waals surface area contributed by atoms with Crippen molar-refractivity contribution in [1.82, 2.24) is 25.0 Å². The lowest BCUT2D eigenvalue weighted by atomic mass is 9.93. The van der Waals surface area contributed by atoms with E-state index >= 15 is 0 Å². The minimum atomic E-state index is -0.0561. The molecule has 0 bridgehead atoms. The third-order valence-corrected chi connectivity index (χ3v) is 7.04. The third-order valence-electron chi connectivity index (χ3n) is 7.04. The summed E-state index contributed by atoms with van der Waals surface area (Å²) in [6.07, 6.45) is 11.4. The highest BCUT2D eigenvalue weighted by Gasteiger charge is 2.28. The molecule has 1 aromatic carbocycles. The maximum absolute atomic E-state index is 5.93. The van der Waals surface area contributed by atoms with E-state index in [9.17, 15) is 0 Å². The van der Waals surface area contributed by atoms with Crippen LogP contribution in [-0.2, 0) is 15.9 Å². The van der Waals surface area contributed by atoms with Crippen LogP contribution in [0.4, 0.5) is 5.82 Å². The van der Waals surface area contributed by atoms with Crippen molar-refractivity contribution in [3.05, 3.63) is 76.8 Å². The Bertz CT molecular complexity index is 1350. The van der Waals surface area contributed by atoms with Crippen molar-refractivity contribution in [1.29, 1.82) is 0 Å². The quantitative estimate of drug-likeness (QED) is 0.478. The first-order chi connectivity index (χ1) is 17.7. The van der Waals surface area contributed by atoms with Gasteiger partial charge in [0, 0.05) is 29.9 Å². The van der Waals surface area contributed by atoms with Crippen LogP contribution in [0.2, 0.25) is 0 Å². The van der Waals surface area contributed by atoms with Crippen molar-refractivity contribution in [3.63, 3.8) is 0 Å². The lowest BCUT2D eigenvalue weighted by molar-refractivity contribution is -0.163. The molecule has 2 aliphatic heterocycles. The van der Waals surface area contributed by atoms with E-state index in [1.807, 2.05) is 13.0 Å². The number of aliphatic imine (C=N–C) groups is 1. The van der Waals surface area contributed by atoms with Crippen LogP contribution in [0.1, 0.15) is 53.9 Å². The first kappa shape index (κ1) is 22.9. The smallest absolute Gasteiger partial charge is 0.272 e. The number of nitrogens with zero attached hydrogens (tertiary/aromatic N) is 6. The minimum Gasteiger partial charge on any atom is -0.353 e. The molecule has 8 nitrogen and oxygen atoms in total. The molecule has 1 fully saturated rings. The van der Waals surface area contributed by atoms with Crippen molar-refractivity contribution in [2.24, 2.45) is 10.9 Å². The first-order valence-electron chi connectivity index (χ1n) is 12.7. The topological polar surface area (TPSA) is 87.3 Å². The maximum atomic E-state index is 5.93. The van der Waals surface area contributed by atoms with E-state index in [2.05, 4.69) is 59.6 Å². The Morgan fingerprint density at radius 2 is 2.00 bits per heavy atom. The van der Waals surface area contributed by atoms with Gasteiger partial charge in [-0.3, -0.25) is 0 Å². The number of aromatic nitrogens is 5. The number of allylic oxidation sites excluding steroid dienone is 4. The molecule has 184 valence electrons. The third kappa shape index (κ3) is 4.54.